The maximum absolute atomic E-state index is 4.77. The van der Waals surface area contributed by atoms with Crippen LogP contribution in [-0.2, 0) is 0 Å². The number of piperidine rings is 2. The summed E-state index contributed by atoms with van der Waals surface area (Å²) in [5, 5.41) is 6.92. The maximum Gasteiger partial charge on any atom is 0.191 e. The highest BCUT2D eigenvalue weighted by Crippen LogP contribution is 2.18. The monoisotopic (exact) mass is 351 g/mol. The summed E-state index contributed by atoms with van der Waals surface area (Å²) in [6.45, 7) is 13.7. The van der Waals surface area contributed by atoms with Crippen LogP contribution >= 0.6 is 0 Å². The summed E-state index contributed by atoms with van der Waals surface area (Å²) in [5.41, 5.74) is 0. The molecule has 0 unspecified atom stereocenters. The highest BCUT2D eigenvalue weighted by atomic mass is 15.2. The lowest BCUT2D eigenvalue weighted by Crippen LogP contribution is -2.39. The zero-order valence-corrected chi connectivity index (χ0v) is 16.9. The highest BCUT2D eigenvalue weighted by Gasteiger charge is 2.16. The molecule has 2 heterocycles. The van der Waals surface area contributed by atoms with E-state index in [2.05, 4.69) is 41.3 Å². The van der Waals surface area contributed by atoms with Gasteiger partial charge in [0.25, 0.3) is 0 Å². The number of aliphatic imine (C=N–C) groups is 1. The largest absolute Gasteiger partial charge is 0.357 e. The van der Waals surface area contributed by atoms with Crippen LogP contribution in [0, 0.1) is 11.8 Å². The second-order valence-corrected chi connectivity index (χ2v) is 8.10. The number of guanidine groups is 1. The minimum absolute atomic E-state index is 0.882. The van der Waals surface area contributed by atoms with Crippen molar-refractivity contribution in [1.29, 1.82) is 0 Å². The molecule has 2 saturated heterocycles. The Morgan fingerprint density at radius 2 is 1.76 bits per heavy atom. The highest BCUT2D eigenvalue weighted by molar-refractivity contribution is 5.79. The van der Waals surface area contributed by atoms with Crippen LogP contribution < -0.4 is 10.6 Å². The Labute approximate surface area is 155 Å². The molecule has 2 fully saturated rings. The summed E-state index contributed by atoms with van der Waals surface area (Å²) >= 11 is 0. The molecule has 0 aliphatic carbocycles. The summed E-state index contributed by atoms with van der Waals surface area (Å²) in [6, 6.07) is 0. The molecule has 25 heavy (non-hydrogen) atoms. The summed E-state index contributed by atoms with van der Waals surface area (Å²) in [5.74, 6) is 2.80. The molecule has 2 aliphatic heterocycles. The van der Waals surface area contributed by atoms with Gasteiger partial charge in [-0.05, 0) is 97.1 Å². The molecule has 0 aromatic heterocycles. The van der Waals surface area contributed by atoms with E-state index in [0.29, 0.717) is 0 Å². The van der Waals surface area contributed by atoms with Crippen molar-refractivity contribution in [2.75, 3.05) is 59.4 Å². The van der Waals surface area contributed by atoms with Gasteiger partial charge in [0.1, 0.15) is 0 Å². The Morgan fingerprint density at radius 1 is 1.04 bits per heavy atom. The Balaban J connectivity index is 1.59. The first kappa shape index (κ1) is 20.5. The summed E-state index contributed by atoms with van der Waals surface area (Å²) < 4.78 is 0. The predicted octanol–water partition coefficient (Wildman–Crippen LogP) is 2.40. The van der Waals surface area contributed by atoms with Crippen molar-refractivity contribution in [3.8, 4) is 0 Å². The Morgan fingerprint density at radius 3 is 2.44 bits per heavy atom. The van der Waals surface area contributed by atoms with Crippen LogP contribution in [0.4, 0.5) is 0 Å². The lowest BCUT2D eigenvalue weighted by atomic mass is 9.94. The van der Waals surface area contributed by atoms with E-state index in [-0.39, 0.29) is 0 Å². The molecular formula is C20H41N5. The molecule has 0 atom stereocenters. The van der Waals surface area contributed by atoms with E-state index in [1.807, 2.05) is 0 Å². The first-order valence-corrected chi connectivity index (χ1v) is 10.6. The van der Waals surface area contributed by atoms with E-state index >= 15 is 0 Å². The molecule has 0 saturated carbocycles. The van der Waals surface area contributed by atoms with Crippen molar-refractivity contribution in [2.45, 2.75) is 52.4 Å². The number of nitrogens with zero attached hydrogens (tertiary/aromatic N) is 3. The fourth-order valence-corrected chi connectivity index (χ4v) is 3.86. The van der Waals surface area contributed by atoms with E-state index in [1.165, 1.54) is 71.2 Å². The number of nitrogens with one attached hydrogen (secondary N) is 2. The second-order valence-electron chi connectivity index (χ2n) is 8.10. The SMILES string of the molecule is CCNC(=NCCCN1CCC(C)CC1)NCCC1CCN(C)CC1. The average molecular weight is 352 g/mol. The predicted molar refractivity (Wildman–Crippen MR) is 108 cm³/mol. The van der Waals surface area contributed by atoms with Gasteiger partial charge in [-0.25, -0.2) is 0 Å². The third kappa shape index (κ3) is 8.41. The van der Waals surface area contributed by atoms with Gasteiger partial charge in [-0.1, -0.05) is 6.92 Å². The topological polar surface area (TPSA) is 42.9 Å². The van der Waals surface area contributed by atoms with Crippen molar-refractivity contribution in [1.82, 2.24) is 20.4 Å². The lowest BCUT2D eigenvalue weighted by Gasteiger charge is -2.30. The van der Waals surface area contributed by atoms with Crippen molar-refractivity contribution in [2.24, 2.45) is 16.8 Å². The molecule has 146 valence electrons. The van der Waals surface area contributed by atoms with Gasteiger partial charge in [0.15, 0.2) is 5.96 Å². The molecule has 0 spiro atoms. The van der Waals surface area contributed by atoms with Gasteiger partial charge in [0.05, 0.1) is 0 Å². The fourth-order valence-electron chi connectivity index (χ4n) is 3.86. The van der Waals surface area contributed by atoms with Crippen LogP contribution in [0.2, 0.25) is 0 Å². The van der Waals surface area contributed by atoms with Crippen molar-refractivity contribution >= 4 is 5.96 Å². The van der Waals surface area contributed by atoms with Gasteiger partial charge in [-0.15, -0.1) is 0 Å². The number of hydrogen-bond acceptors (Lipinski definition) is 3. The van der Waals surface area contributed by atoms with E-state index in [1.54, 1.807) is 0 Å². The summed E-state index contributed by atoms with van der Waals surface area (Å²) in [6.07, 6.45) is 7.86. The van der Waals surface area contributed by atoms with Gasteiger partial charge in [0, 0.05) is 19.6 Å². The third-order valence-corrected chi connectivity index (χ3v) is 5.81. The van der Waals surface area contributed by atoms with Crippen LogP contribution in [0.15, 0.2) is 4.99 Å². The van der Waals surface area contributed by atoms with E-state index < -0.39 is 0 Å². The molecular weight excluding hydrogens is 310 g/mol. The first-order chi connectivity index (χ1) is 12.2. The standard InChI is InChI=1S/C20H41N5/c1-4-21-20(23-12-6-19-9-14-24(3)15-10-19)22-11-5-13-25-16-7-18(2)8-17-25/h18-19H,4-17H2,1-3H3,(H2,21,22,23). The normalized spacial score (nSPS) is 22.3. The Bertz CT molecular complexity index is 368. The van der Waals surface area contributed by atoms with Crippen molar-refractivity contribution in [3.63, 3.8) is 0 Å². The Hall–Kier alpha value is -0.810. The van der Waals surface area contributed by atoms with E-state index in [9.17, 15) is 0 Å². The van der Waals surface area contributed by atoms with Gasteiger partial charge >= 0.3 is 0 Å². The van der Waals surface area contributed by atoms with Gasteiger partial charge in [-0.3, -0.25) is 4.99 Å². The number of likely N-dealkylation sites (tertiary alicyclic amines) is 2. The van der Waals surface area contributed by atoms with Crippen LogP contribution in [0.5, 0.6) is 0 Å². The zero-order chi connectivity index (χ0) is 17.9. The smallest absolute Gasteiger partial charge is 0.191 e. The van der Waals surface area contributed by atoms with Gasteiger partial charge < -0.3 is 20.4 Å². The van der Waals surface area contributed by atoms with E-state index in [4.69, 9.17) is 4.99 Å². The molecule has 0 aromatic carbocycles. The molecule has 2 aliphatic rings. The van der Waals surface area contributed by atoms with Gasteiger partial charge in [-0.2, -0.15) is 0 Å². The van der Waals surface area contributed by atoms with Crippen LogP contribution in [0.1, 0.15) is 52.4 Å². The molecule has 5 nitrogen and oxygen atoms in total. The molecule has 0 radical (unpaired) electrons. The maximum atomic E-state index is 4.77. The molecule has 0 bridgehead atoms. The average Bonchev–Trinajstić information content (AvgIpc) is 2.62. The minimum Gasteiger partial charge on any atom is -0.357 e. The fraction of sp³-hybridized carbons (Fsp3) is 0.950. The van der Waals surface area contributed by atoms with Crippen LogP contribution in [0.3, 0.4) is 0 Å². The number of rotatable bonds is 8. The molecule has 0 aromatic rings. The lowest BCUT2D eigenvalue weighted by molar-refractivity contribution is 0.191. The van der Waals surface area contributed by atoms with E-state index in [0.717, 1.165) is 37.4 Å². The van der Waals surface area contributed by atoms with Crippen molar-refractivity contribution < 1.29 is 0 Å². The summed E-state index contributed by atoms with van der Waals surface area (Å²) in [7, 11) is 2.23. The molecule has 2 rings (SSSR count). The van der Waals surface area contributed by atoms with Crippen LogP contribution in [-0.4, -0.2) is 75.2 Å². The molecule has 2 N–H and O–H groups in total. The third-order valence-electron chi connectivity index (χ3n) is 5.81. The zero-order valence-electron chi connectivity index (χ0n) is 16.9. The minimum atomic E-state index is 0.882. The van der Waals surface area contributed by atoms with Crippen LogP contribution in [0.25, 0.3) is 0 Å². The first-order valence-electron chi connectivity index (χ1n) is 10.6. The molecule has 0 amide bonds. The second kappa shape index (κ2) is 11.7. The quantitative estimate of drug-likeness (QED) is 0.400. The Kier molecular flexibility index (Phi) is 9.63. The van der Waals surface area contributed by atoms with Gasteiger partial charge in [0.2, 0.25) is 0 Å². The van der Waals surface area contributed by atoms with Crippen molar-refractivity contribution in [3.05, 3.63) is 0 Å². The summed E-state index contributed by atoms with van der Waals surface area (Å²) in [4.78, 5) is 9.82. The molecule has 5 heteroatoms. The number of hydrogen-bond donors (Lipinski definition) is 2.